The molecule has 0 aliphatic carbocycles. The van der Waals surface area contributed by atoms with Crippen molar-refractivity contribution in [3.05, 3.63) is 91.0 Å². The molecule has 2 heteroatoms. The maximum atomic E-state index is 9.50. The van der Waals surface area contributed by atoms with Gasteiger partial charge in [-0.1, -0.05) is 54.6 Å². The molecule has 0 nitrogen and oxygen atoms in total. The molecular weight excluding hydrogens is 279 g/mol. The molecule has 0 radical (unpaired) electrons. The Morgan fingerprint density at radius 3 is 0.952 bits per heavy atom. The SMILES string of the molecule is CF.c1ccc([S+](c2ccccc2)c2ccccc2)cc1. The molecule has 0 N–H and O–H groups in total. The molecule has 0 saturated heterocycles. The molecule has 3 rings (SSSR count). The molecule has 106 valence electrons. The van der Waals surface area contributed by atoms with Crippen molar-refractivity contribution in [1.82, 2.24) is 0 Å². The number of hydrogen-bond donors (Lipinski definition) is 0. The largest absolute Gasteiger partial charge is 0.255 e. The minimum atomic E-state index is -0.0146. The summed E-state index contributed by atoms with van der Waals surface area (Å²) in [6, 6.07) is 32.2. The van der Waals surface area contributed by atoms with E-state index in [1.54, 1.807) is 0 Å². The third kappa shape index (κ3) is 3.96. The average molecular weight is 297 g/mol. The van der Waals surface area contributed by atoms with Crippen LogP contribution < -0.4 is 0 Å². The Kier molecular flexibility index (Phi) is 6.04. The van der Waals surface area contributed by atoms with Gasteiger partial charge in [0.1, 0.15) is 0 Å². The molecule has 3 aromatic carbocycles. The smallest absolute Gasteiger partial charge is 0.166 e. The highest BCUT2D eigenvalue weighted by Gasteiger charge is 2.27. The molecule has 0 spiro atoms. The first-order valence-corrected chi connectivity index (χ1v) is 7.95. The summed E-state index contributed by atoms with van der Waals surface area (Å²) in [6.07, 6.45) is 0. The predicted octanol–water partition coefficient (Wildman–Crippen LogP) is 5.37. The Bertz CT molecular complexity index is 530. The Labute approximate surface area is 128 Å². The molecular formula is C19H18FS+. The zero-order chi connectivity index (χ0) is 14.9. The summed E-state index contributed by atoms with van der Waals surface area (Å²) < 4.78 is 9.50. The van der Waals surface area contributed by atoms with Crippen molar-refractivity contribution in [3.63, 3.8) is 0 Å². The number of halogens is 1. The quantitative estimate of drug-likeness (QED) is 0.570. The zero-order valence-corrected chi connectivity index (χ0v) is 12.8. The summed E-state index contributed by atoms with van der Waals surface area (Å²) in [7, 11) is 0.485. The van der Waals surface area contributed by atoms with Gasteiger partial charge in [-0.2, -0.15) is 0 Å². The number of rotatable bonds is 3. The molecule has 0 fully saturated rings. The van der Waals surface area contributed by atoms with Crippen molar-refractivity contribution < 1.29 is 4.39 Å². The van der Waals surface area contributed by atoms with Crippen LogP contribution in [0, 0.1) is 0 Å². The Balaban J connectivity index is 0.000000774. The van der Waals surface area contributed by atoms with Gasteiger partial charge in [-0.25, -0.2) is 0 Å². The molecule has 0 saturated carbocycles. The van der Waals surface area contributed by atoms with Gasteiger partial charge in [0, 0.05) is 0 Å². The van der Waals surface area contributed by atoms with Crippen molar-refractivity contribution in [2.75, 3.05) is 7.18 Å². The first kappa shape index (κ1) is 15.3. The molecule has 0 heterocycles. The molecule has 0 aromatic heterocycles. The predicted molar refractivity (Wildman–Crippen MR) is 88.5 cm³/mol. The van der Waals surface area contributed by atoms with Gasteiger partial charge in [-0.05, 0) is 36.4 Å². The lowest BCUT2D eigenvalue weighted by molar-refractivity contribution is 0.636. The van der Waals surface area contributed by atoms with E-state index in [2.05, 4.69) is 91.0 Å². The first-order valence-electron chi connectivity index (χ1n) is 6.72. The van der Waals surface area contributed by atoms with Gasteiger partial charge in [-0.3, -0.25) is 4.39 Å². The van der Waals surface area contributed by atoms with Gasteiger partial charge >= 0.3 is 0 Å². The van der Waals surface area contributed by atoms with Crippen LogP contribution >= 0.6 is 0 Å². The van der Waals surface area contributed by atoms with E-state index in [0.29, 0.717) is 7.18 Å². The van der Waals surface area contributed by atoms with Crippen molar-refractivity contribution in [3.8, 4) is 0 Å². The van der Waals surface area contributed by atoms with Crippen molar-refractivity contribution >= 4 is 10.9 Å². The Morgan fingerprint density at radius 2 is 0.714 bits per heavy atom. The van der Waals surface area contributed by atoms with E-state index in [0.717, 1.165) is 0 Å². The maximum Gasteiger partial charge on any atom is 0.166 e. The van der Waals surface area contributed by atoms with Crippen LogP contribution in [-0.4, -0.2) is 7.18 Å². The standard InChI is InChI=1S/C18H15S.CH3F/c1-4-10-16(11-5-1)19(17-12-6-2-7-13-17)18-14-8-3-9-15-18;1-2/h1-15H;1H3/q+1;. The Hall–Kier alpha value is -2.06. The number of alkyl halides is 1. The van der Waals surface area contributed by atoms with Gasteiger partial charge in [0.05, 0.1) is 18.1 Å². The average Bonchev–Trinajstić information content (AvgIpc) is 2.60. The van der Waals surface area contributed by atoms with E-state index < -0.39 is 0 Å². The van der Waals surface area contributed by atoms with Crippen LogP contribution in [0.15, 0.2) is 106 Å². The summed E-state index contributed by atoms with van der Waals surface area (Å²) >= 11 is 0. The van der Waals surface area contributed by atoms with E-state index in [9.17, 15) is 4.39 Å². The van der Waals surface area contributed by atoms with Gasteiger partial charge in [0.25, 0.3) is 0 Å². The second kappa shape index (κ2) is 8.28. The summed E-state index contributed by atoms with van der Waals surface area (Å²) in [5.41, 5.74) is 0. The van der Waals surface area contributed by atoms with Crippen molar-refractivity contribution in [2.45, 2.75) is 14.7 Å². The van der Waals surface area contributed by atoms with Crippen LogP contribution in [0.4, 0.5) is 4.39 Å². The van der Waals surface area contributed by atoms with Crippen LogP contribution in [0.5, 0.6) is 0 Å². The second-order valence-corrected chi connectivity index (χ2v) is 6.27. The molecule has 0 aliphatic rings. The zero-order valence-electron chi connectivity index (χ0n) is 11.9. The van der Waals surface area contributed by atoms with Crippen molar-refractivity contribution in [1.29, 1.82) is 0 Å². The maximum absolute atomic E-state index is 9.50. The summed E-state index contributed by atoms with van der Waals surface area (Å²) in [5.74, 6) is 0. The summed E-state index contributed by atoms with van der Waals surface area (Å²) in [4.78, 5) is 4.08. The molecule has 21 heavy (non-hydrogen) atoms. The lowest BCUT2D eigenvalue weighted by Crippen LogP contribution is -2.04. The number of hydrogen-bond acceptors (Lipinski definition) is 0. The Morgan fingerprint density at radius 1 is 0.476 bits per heavy atom. The van der Waals surface area contributed by atoms with E-state index in [4.69, 9.17) is 0 Å². The highest BCUT2D eigenvalue weighted by Crippen LogP contribution is 2.30. The van der Waals surface area contributed by atoms with Crippen LogP contribution in [0.1, 0.15) is 0 Å². The molecule has 0 amide bonds. The highest BCUT2D eigenvalue weighted by molar-refractivity contribution is 7.97. The van der Waals surface area contributed by atoms with Gasteiger partial charge in [0.15, 0.2) is 14.7 Å². The first-order chi connectivity index (χ1) is 10.4. The second-order valence-electron chi connectivity index (χ2n) is 4.25. The van der Waals surface area contributed by atoms with E-state index in [1.165, 1.54) is 14.7 Å². The third-order valence-corrected chi connectivity index (χ3v) is 5.17. The monoisotopic (exact) mass is 297 g/mol. The topological polar surface area (TPSA) is 0 Å². The van der Waals surface area contributed by atoms with Gasteiger partial charge in [-0.15, -0.1) is 0 Å². The van der Waals surface area contributed by atoms with E-state index in [1.807, 2.05) is 0 Å². The molecule has 0 unspecified atom stereocenters. The normalized spacial score (nSPS) is 9.86. The van der Waals surface area contributed by atoms with Gasteiger partial charge in [0.2, 0.25) is 0 Å². The van der Waals surface area contributed by atoms with Crippen molar-refractivity contribution in [2.24, 2.45) is 0 Å². The van der Waals surface area contributed by atoms with Crippen LogP contribution in [0.25, 0.3) is 0 Å². The lowest BCUT2D eigenvalue weighted by atomic mass is 10.4. The third-order valence-electron chi connectivity index (χ3n) is 2.94. The lowest BCUT2D eigenvalue weighted by Gasteiger charge is -2.07. The molecule has 0 aliphatic heterocycles. The fourth-order valence-corrected chi connectivity index (χ4v) is 4.18. The van der Waals surface area contributed by atoms with Crippen LogP contribution in [0.3, 0.4) is 0 Å². The van der Waals surface area contributed by atoms with Crippen LogP contribution in [0.2, 0.25) is 0 Å². The summed E-state index contributed by atoms with van der Waals surface area (Å²) in [6.45, 7) is 0. The fraction of sp³-hybridized carbons (Fsp3) is 0.0526. The van der Waals surface area contributed by atoms with E-state index >= 15 is 0 Å². The van der Waals surface area contributed by atoms with E-state index in [-0.39, 0.29) is 10.9 Å². The highest BCUT2D eigenvalue weighted by atomic mass is 32.2. The summed E-state index contributed by atoms with van der Waals surface area (Å²) in [5, 5.41) is 0. The molecule has 0 atom stereocenters. The van der Waals surface area contributed by atoms with Gasteiger partial charge < -0.3 is 0 Å². The molecule has 0 bridgehead atoms. The van der Waals surface area contributed by atoms with Crippen LogP contribution in [-0.2, 0) is 10.9 Å². The molecule has 3 aromatic rings. The fourth-order valence-electron chi connectivity index (χ4n) is 2.08. The number of benzene rings is 3. The minimum Gasteiger partial charge on any atom is -0.255 e. The minimum absolute atomic E-state index is 0.0146.